The minimum Gasteiger partial charge on any atom is -0.369 e. The van der Waals surface area contributed by atoms with Crippen molar-refractivity contribution >= 4 is 33.2 Å². The Morgan fingerprint density at radius 3 is 2.75 bits per heavy atom. The molecule has 1 saturated carbocycles. The molecular formula is C16H22BrClN2. The lowest BCUT2D eigenvalue weighted by Gasteiger charge is -2.40. The monoisotopic (exact) mass is 356 g/mol. The Bertz CT molecular complexity index is 472. The average Bonchev–Trinajstić information content (AvgIpc) is 2.66. The summed E-state index contributed by atoms with van der Waals surface area (Å²) in [6.45, 7) is 3.34. The molecule has 110 valence electrons. The zero-order valence-corrected chi connectivity index (χ0v) is 14.1. The number of nitrogens with one attached hydrogen (secondary N) is 1. The Hall–Kier alpha value is -0.250. The molecule has 1 aliphatic heterocycles. The summed E-state index contributed by atoms with van der Waals surface area (Å²) >= 11 is 9.92. The lowest BCUT2D eigenvalue weighted by molar-refractivity contribution is 0.246. The van der Waals surface area contributed by atoms with Gasteiger partial charge in [0.05, 0.1) is 15.2 Å². The maximum absolute atomic E-state index is 6.26. The van der Waals surface area contributed by atoms with Gasteiger partial charge in [0.15, 0.2) is 0 Å². The van der Waals surface area contributed by atoms with Crippen molar-refractivity contribution < 1.29 is 0 Å². The highest BCUT2D eigenvalue weighted by atomic mass is 79.9. The van der Waals surface area contributed by atoms with Gasteiger partial charge in [0.25, 0.3) is 0 Å². The molecule has 0 unspecified atom stereocenters. The fraction of sp³-hybridized carbons (Fsp3) is 0.625. The van der Waals surface area contributed by atoms with Crippen molar-refractivity contribution in [1.29, 1.82) is 0 Å². The first-order valence-corrected chi connectivity index (χ1v) is 8.81. The Labute approximate surface area is 135 Å². The van der Waals surface area contributed by atoms with Gasteiger partial charge in [0, 0.05) is 18.6 Å². The van der Waals surface area contributed by atoms with Crippen LogP contribution in [0.4, 0.5) is 5.69 Å². The Kier molecular flexibility index (Phi) is 4.58. The van der Waals surface area contributed by atoms with Crippen LogP contribution in [0.2, 0.25) is 5.02 Å². The lowest BCUT2D eigenvalue weighted by Crippen LogP contribution is -2.52. The van der Waals surface area contributed by atoms with E-state index in [9.17, 15) is 0 Å². The fourth-order valence-corrected chi connectivity index (χ4v) is 4.31. The summed E-state index contributed by atoms with van der Waals surface area (Å²) in [7, 11) is 0. The van der Waals surface area contributed by atoms with Crippen molar-refractivity contribution in [3.05, 3.63) is 27.7 Å². The fourth-order valence-electron chi connectivity index (χ4n) is 3.63. The van der Waals surface area contributed by atoms with Crippen LogP contribution in [0.1, 0.15) is 38.5 Å². The Balaban J connectivity index is 1.86. The van der Waals surface area contributed by atoms with E-state index < -0.39 is 0 Å². The number of hydrogen-bond donors (Lipinski definition) is 1. The van der Waals surface area contributed by atoms with E-state index >= 15 is 0 Å². The van der Waals surface area contributed by atoms with Gasteiger partial charge in [0.1, 0.15) is 0 Å². The predicted octanol–water partition coefficient (Wildman–Crippen LogP) is 4.61. The van der Waals surface area contributed by atoms with Gasteiger partial charge in [-0.15, -0.1) is 0 Å². The van der Waals surface area contributed by atoms with E-state index in [1.165, 1.54) is 44.2 Å². The molecule has 0 radical (unpaired) electrons. The van der Waals surface area contributed by atoms with Crippen LogP contribution in [0.5, 0.6) is 0 Å². The number of rotatable bonds is 1. The average molecular weight is 358 g/mol. The van der Waals surface area contributed by atoms with Crippen molar-refractivity contribution in [3.8, 4) is 0 Å². The van der Waals surface area contributed by atoms with E-state index in [1.54, 1.807) is 0 Å². The third-order valence-electron chi connectivity index (χ3n) is 4.68. The molecule has 1 spiro atoms. The van der Waals surface area contributed by atoms with Gasteiger partial charge < -0.3 is 10.2 Å². The molecule has 20 heavy (non-hydrogen) atoms. The van der Waals surface area contributed by atoms with Crippen LogP contribution < -0.4 is 10.2 Å². The molecule has 1 aromatic rings. The Morgan fingerprint density at radius 2 is 1.95 bits per heavy atom. The smallest absolute Gasteiger partial charge is 0.0595 e. The Morgan fingerprint density at radius 1 is 1.15 bits per heavy atom. The highest BCUT2D eigenvalue weighted by Crippen LogP contribution is 2.36. The minimum atomic E-state index is 0.316. The highest BCUT2D eigenvalue weighted by molar-refractivity contribution is 9.10. The topological polar surface area (TPSA) is 15.3 Å². The molecule has 4 heteroatoms. The first-order chi connectivity index (χ1) is 9.70. The van der Waals surface area contributed by atoms with Gasteiger partial charge in [-0.25, -0.2) is 0 Å². The van der Waals surface area contributed by atoms with Crippen LogP contribution in [-0.2, 0) is 0 Å². The van der Waals surface area contributed by atoms with Crippen LogP contribution in [0, 0.1) is 0 Å². The summed E-state index contributed by atoms with van der Waals surface area (Å²) in [6.07, 6.45) is 7.92. The first-order valence-electron chi connectivity index (χ1n) is 7.64. The van der Waals surface area contributed by atoms with Crippen LogP contribution in [-0.4, -0.2) is 25.2 Å². The zero-order valence-electron chi connectivity index (χ0n) is 11.8. The number of benzene rings is 1. The van der Waals surface area contributed by atoms with Gasteiger partial charge in [-0.05, 0) is 53.9 Å². The second kappa shape index (κ2) is 6.25. The van der Waals surface area contributed by atoms with Gasteiger partial charge in [-0.3, -0.25) is 0 Å². The zero-order chi connectivity index (χ0) is 14.0. The normalized spacial score (nSPS) is 22.8. The van der Waals surface area contributed by atoms with Gasteiger partial charge in [-0.2, -0.15) is 0 Å². The summed E-state index contributed by atoms with van der Waals surface area (Å²) in [4.78, 5) is 2.52. The van der Waals surface area contributed by atoms with Crippen LogP contribution in [0.15, 0.2) is 22.7 Å². The van der Waals surface area contributed by atoms with E-state index in [2.05, 4.69) is 32.2 Å². The molecule has 3 rings (SSSR count). The van der Waals surface area contributed by atoms with Crippen molar-refractivity contribution in [2.24, 2.45) is 0 Å². The molecule has 0 atom stereocenters. The molecule has 2 fully saturated rings. The summed E-state index contributed by atoms with van der Waals surface area (Å²) in [5, 5.41) is 4.64. The van der Waals surface area contributed by atoms with Crippen molar-refractivity contribution in [2.45, 2.75) is 44.1 Å². The van der Waals surface area contributed by atoms with Crippen molar-refractivity contribution in [2.75, 3.05) is 24.5 Å². The molecular weight excluding hydrogens is 336 g/mol. The van der Waals surface area contributed by atoms with E-state index in [0.717, 1.165) is 29.1 Å². The van der Waals surface area contributed by atoms with Crippen LogP contribution >= 0.6 is 27.5 Å². The molecule has 0 amide bonds. The maximum atomic E-state index is 6.26. The number of halogens is 2. The number of hydrogen-bond acceptors (Lipinski definition) is 2. The molecule has 1 saturated heterocycles. The maximum Gasteiger partial charge on any atom is 0.0595 e. The van der Waals surface area contributed by atoms with Crippen molar-refractivity contribution in [3.63, 3.8) is 0 Å². The lowest BCUT2D eigenvalue weighted by atomic mass is 9.81. The molecule has 0 aromatic heterocycles. The number of nitrogens with zero attached hydrogens (tertiary/aromatic N) is 1. The molecule has 1 aliphatic carbocycles. The van der Waals surface area contributed by atoms with Crippen LogP contribution in [0.25, 0.3) is 0 Å². The minimum absolute atomic E-state index is 0.316. The van der Waals surface area contributed by atoms with Gasteiger partial charge in [0.2, 0.25) is 0 Å². The summed E-state index contributed by atoms with van der Waals surface area (Å²) in [6, 6.07) is 6.17. The standard InChI is InChI=1S/C16H22BrClN2/c17-15-13(18)6-4-7-14(15)20-11-5-10-19-16(12-20)8-2-1-3-9-16/h4,6-7,19H,1-3,5,8-12H2. The van der Waals surface area contributed by atoms with Gasteiger partial charge >= 0.3 is 0 Å². The third-order valence-corrected chi connectivity index (χ3v) is 6.06. The molecule has 1 N–H and O–H groups in total. The highest BCUT2D eigenvalue weighted by Gasteiger charge is 2.35. The number of anilines is 1. The van der Waals surface area contributed by atoms with Gasteiger partial charge in [-0.1, -0.05) is 36.9 Å². The largest absolute Gasteiger partial charge is 0.369 e. The molecule has 0 bridgehead atoms. The molecule has 2 nitrogen and oxygen atoms in total. The SMILES string of the molecule is Clc1cccc(N2CCCNC3(CCCCC3)C2)c1Br. The molecule has 1 aromatic carbocycles. The third kappa shape index (κ3) is 3.00. The summed E-state index contributed by atoms with van der Waals surface area (Å²) < 4.78 is 1.04. The molecule has 1 heterocycles. The second-order valence-electron chi connectivity index (χ2n) is 6.12. The van der Waals surface area contributed by atoms with E-state index in [0.29, 0.717) is 5.54 Å². The van der Waals surface area contributed by atoms with E-state index in [4.69, 9.17) is 11.6 Å². The summed E-state index contributed by atoms with van der Waals surface area (Å²) in [5.41, 5.74) is 1.56. The van der Waals surface area contributed by atoms with Crippen molar-refractivity contribution in [1.82, 2.24) is 5.32 Å². The predicted molar refractivity (Wildman–Crippen MR) is 89.8 cm³/mol. The second-order valence-corrected chi connectivity index (χ2v) is 7.32. The van der Waals surface area contributed by atoms with Crippen LogP contribution in [0.3, 0.4) is 0 Å². The van der Waals surface area contributed by atoms with E-state index in [-0.39, 0.29) is 0 Å². The van der Waals surface area contributed by atoms with E-state index in [1.807, 2.05) is 12.1 Å². The summed E-state index contributed by atoms with van der Waals surface area (Å²) in [5.74, 6) is 0. The molecule has 2 aliphatic rings. The quantitative estimate of drug-likeness (QED) is 0.790. The first kappa shape index (κ1) is 14.7.